The molecular weight excluding hydrogens is 250 g/mol. The lowest BCUT2D eigenvalue weighted by Crippen LogP contribution is -2.26. The molecule has 0 saturated heterocycles. The van der Waals surface area contributed by atoms with Crippen LogP contribution in [-0.4, -0.2) is 17.8 Å². The van der Waals surface area contributed by atoms with E-state index in [4.69, 9.17) is 0 Å². The number of carbonyl (C=O) groups excluding carboxylic acids is 3. The number of carboxylic acid groups (broad SMARTS) is 2. The Morgan fingerprint density at radius 3 is 2.47 bits per heavy atom. The van der Waals surface area contributed by atoms with Gasteiger partial charge in [0.1, 0.15) is 0 Å². The molecule has 0 saturated carbocycles. The average Bonchev–Trinajstić information content (AvgIpc) is 2.27. The van der Waals surface area contributed by atoms with Crippen LogP contribution in [0.4, 0.5) is 5.69 Å². The van der Waals surface area contributed by atoms with Gasteiger partial charge < -0.3 is 25.1 Å². The van der Waals surface area contributed by atoms with E-state index in [1.165, 1.54) is 24.3 Å². The summed E-state index contributed by atoms with van der Waals surface area (Å²) in [6, 6.07) is 5.64. The SMILES string of the molecule is C[C@@H](CC(=O)[O-])CC(=O)Nc1cccc(C(=O)[O-])c1. The second-order valence-electron chi connectivity index (χ2n) is 4.30. The van der Waals surface area contributed by atoms with Gasteiger partial charge in [-0.2, -0.15) is 0 Å². The first-order valence-corrected chi connectivity index (χ1v) is 5.69. The van der Waals surface area contributed by atoms with Gasteiger partial charge >= 0.3 is 0 Å². The van der Waals surface area contributed by atoms with E-state index >= 15 is 0 Å². The summed E-state index contributed by atoms with van der Waals surface area (Å²) in [6.45, 7) is 1.62. The van der Waals surface area contributed by atoms with Crippen molar-refractivity contribution in [1.29, 1.82) is 0 Å². The van der Waals surface area contributed by atoms with Crippen LogP contribution in [-0.2, 0) is 9.59 Å². The molecule has 0 spiro atoms. The Bertz CT molecular complexity index is 498. The number of carboxylic acids is 2. The molecule has 6 nitrogen and oxygen atoms in total. The molecule has 1 amide bonds. The molecule has 1 aromatic rings. The van der Waals surface area contributed by atoms with Gasteiger partial charge in [0, 0.05) is 18.1 Å². The summed E-state index contributed by atoms with van der Waals surface area (Å²) in [5.74, 6) is -3.28. The minimum atomic E-state index is -1.33. The zero-order chi connectivity index (χ0) is 14.4. The first-order valence-electron chi connectivity index (χ1n) is 5.69. The normalized spacial score (nSPS) is 11.6. The molecule has 0 aliphatic carbocycles. The summed E-state index contributed by atoms with van der Waals surface area (Å²) in [6.07, 6.45) is -0.184. The van der Waals surface area contributed by atoms with E-state index < -0.39 is 11.9 Å². The molecule has 1 aromatic carbocycles. The maximum Gasteiger partial charge on any atom is 0.224 e. The molecule has 0 heterocycles. The standard InChI is InChI=1S/C13H15NO5/c1-8(6-12(16)17)5-11(15)14-10-4-2-3-9(7-10)13(18)19/h2-4,7-8H,5-6H2,1H3,(H,14,15)(H,16,17)(H,18,19)/p-2/t8-/m1/s1. The van der Waals surface area contributed by atoms with Gasteiger partial charge in [0.2, 0.25) is 5.91 Å². The molecule has 102 valence electrons. The molecule has 19 heavy (non-hydrogen) atoms. The molecule has 6 heteroatoms. The van der Waals surface area contributed by atoms with E-state index in [-0.39, 0.29) is 30.2 Å². The van der Waals surface area contributed by atoms with Crippen LogP contribution in [0.25, 0.3) is 0 Å². The number of amides is 1. The highest BCUT2D eigenvalue weighted by molar-refractivity contribution is 5.93. The highest BCUT2D eigenvalue weighted by atomic mass is 16.4. The molecule has 1 rings (SSSR count). The van der Waals surface area contributed by atoms with Crippen LogP contribution < -0.4 is 15.5 Å². The molecule has 0 aromatic heterocycles. The number of aliphatic carboxylic acids is 1. The first kappa shape index (κ1) is 14.7. The summed E-state index contributed by atoms with van der Waals surface area (Å²) in [5, 5.41) is 23.5. The minimum Gasteiger partial charge on any atom is -0.550 e. The van der Waals surface area contributed by atoms with Gasteiger partial charge in [-0.25, -0.2) is 0 Å². The fourth-order valence-electron chi connectivity index (χ4n) is 1.61. The number of aromatic carboxylic acids is 1. The Morgan fingerprint density at radius 1 is 1.21 bits per heavy atom. The fraction of sp³-hybridized carbons (Fsp3) is 0.308. The monoisotopic (exact) mass is 263 g/mol. The summed E-state index contributed by atoms with van der Waals surface area (Å²) in [7, 11) is 0. The third kappa shape index (κ3) is 5.20. The number of benzene rings is 1. The lowest BCUT2D eigenvalue weighted by Gasteiger charge is -2.12. The van der Waals surface area contributed by atoms with Gasteiger partial charge in [-0.3, -0.25) is 4.79 Å². The average molecular weight is 263 g/mol. The first-order chi connectivity index (χ1) is 8.88. The number of hydrogen-bond acceptors (Lipinski definition) is 5. The van der Waals surface area contributed by atoms with Crippen molar-refractivity contribution < 1.29 is 24.6 Å². The molecule has 0 radical (unpaired) electrons. The maximum absolute atomic E-state index is 11.6. The van der Waals surface area contributed by atoms with Crippen molar-refractivity contribution in [3.05, 3.63) is 29.8 Å². The molecule has 1 N–H and O–H groups in total. The van der Waals surface area contributed by atoms with E-state index in [1.54, 1.807) is 6.92 Å². The Morgan fingerprint density at radius 2 is 1.89 bits per heavy atom. The van der Waals surface area contributed by atoms with Gasteiger partial charge in [0.15, 0.2) is 0 Å². The minimum absolute atomic E-state index is 0.0174. The van der Waals surface area contributed by atoms with Crippen molar-refractivity contribution in [2.24, 2.45) is 5.92 Å². The topological polar surface area (TPSA) is 109 Å². The number of hydrogen-bond donors (Lipinski definition) is 1. The van der Waals surface area contributed by atoms with Crippen LogP contribution in [0.3, 0.4) is 0 Å². The van der Waals surface area contributed by atoms with Gasteiger partial charge in [-0.05, 0) is 30.0 Å². The quantitative estimate of drug-likeness (QED) is 0.719. The van der Waals surface area contributed by atoms with Crippen molar-refractivity contribution >= 4 is 23.5 Å². The van der Waals surface area contributed by atoms with E-state index in [0.29, 0.717) is 5.69 Å². The van der Waals surface area contributed by atoms with E-state index in [1.807, 2.05) is 0 Å². The summed E-state index contributed by atoms with van der Waals surface area (Å²) >= 11 is 0. The largest absolute Gasteiger partial charge is 0.550 e. The highest BCUT2D eigenvalue weighted by Crippen LogP contribution is 2.13. The van der Waals surface area contributed by atoms with Crippen molar-refractivity contribution in [3.63, 3.8) is 0 Å². The predicted molar refractivity (Wildman–Crippen MR) is 62.8 cm³/mol. The van der Waals surface area contributed by atoms with Crippen molar-refractivity contribution in [2.45, 2.75) is 19.8 Å². The maximum atomic E-state index is 11.6. The third-order valence-corrected chi connectivity index (χ3v) is 2.43. The van der Waals surface area contributed by atoms with Gasteiger partial charge in [0.05, 0.1) is 5.97 Å². The zero-order valence-corrected chi connectivity index (χ0v) is 10.3. The van der Waals surface area contributed by atoms with E-state index in [9.17, 15) is 24.6 Å². The van der Waals surface area contributed by atoms with Crippen molar-refractivity contribution in [2.75, 3.05) is 5.32 Å². The second kappa shape index (κ2) is 6.53. The van der Waals surface area contributed by atoms with Crippen LogP contribution in [0, 0.1) is 5.92 Å². The molecule has 0 bridgehead atoms. The molecule has 0 aliphatic heterocycles. The van der Waals surface area contributed by atoms with Crippen LogP contribution >= 0.6 is 0 Å². The highest BCUT2D eigenvalue weighted by Gasteiger charge is 2.10. The second-order valence-corrected chi connectivity index (χ2v) is 4.30. The smallest absolute Gasteiger partial charge is 0.224 e. The Hall–Kier alpha value is -2.37. The number of nitrogens with one attached hydrogen (secondary N) is 1. The molecule has 0 fully saturated rings. The van der Waals surface area contributed by atoms with Gasteiger partial charge in [-0.1, -0.05) is 19.1 Å². The summed E-state index contributed by atoms with van der Waals surface area (Å²) < 4.78 is 0. The number of anilines is 1. The lowest BCUT2D eigenvalue weighted by atomic mass is 10.0. The van der Waals surface area contributed by atoms with Gasteiger partial charge in [-0.15, -0.1) is 0 Å². The Labute approximate surface area is 110 Å². The predicted octanol–water partition coefficient (Wildman–Crippen LogP) is -0.845. The van der Waals surface area contributed by atoms with E-state index in [2.05, 4.69) is 5.32 Å². The Balaban J connectivity index is 2.59. The van der Waals surface area contributed by atoms with Crippen molar-refractivity contribution in [1.82, 2.24) is 0 Å². The van der Waals surface area contributed by atoms with Crippen LogP contribution in [0.15, 0.2) is 24.3 Å². The van der Waals surface area contributed by atoms with E-state index in [0.717, 1.165) is 0 Å². The summed E-state index contributed by atoms with van der Waals surface area (Å²) in [4.78, 5) is 32.6. The Kier molecular flexibility index (Phi) is 5.05. The lowest BCUT2D eigenvalue weighted by molar-refractivity contribution is -0.306. The van der Waals surface area contributed by atoms with Crippen molar-refractivity contribution in [3.8, 4) is 0 Å². The third-order valence-electron chi connectivity index (χ3n) is 2.43. The molecule has 0 aliphatic rings. The van der Waals surface area contributed by atoms with Crippen LogP contribution in [0.1, 0.15) is 30.1 Å². The fourth-order valence-corrected chi connectivity index (χ4v) is 1.61. The number of rotatable bonds is 6. The molecule has 0 unspecified atom stereocenters. The van der Waals surface area contributed by atoms with Crippen LogP contribution in [0.5, 0.6) is 0 Å². The zero-order valence-electron chi connectivity index (χ0n) is 10.3. The van der Waals surface area contributed by atoms with Crippen LogP contribution in [0.2, 0.25) is 0 Å². The van der Waals surface area contributed by atoms with Gasteiger partial charge in [0.25, 0.3) is 0 Å². The summed E-state index contributed by atoms with van der Waals surface area (Å²) in [5.41, 5.74) is 0.285. The molecule has 1 atom stereocenters. The number of carbonyl (C=O) groups is 3. The molecular formula is C13H13NO5-2.